The number of nitrogens with zero attached hydrogens (tertiary/aromatic N) is 1. The minimum Gasteiger partial charge on any atom is -0.496 e. The van der Waals surface area contributed by atoms with E-state index in [1.807, 2.05) is 39.0 Å². The maximum Gasteiger partial charge on any atom is 0.305 e. The molecule has 6 nitrogen and oxygen atoms in total. The molecule has 1 aromatic carbocycles. The van der Waals surface area contributed by atoms with Crippen molar-refractivity contribution in [1.82, 2.24) is 10.6 Å². The summed E-state index contributed by atoms with van der Waals surface area (Å²) in [5.41, 5.74) is 2.19. The molecule has 0 radical (unpaired) electrons. The number of aliphatic imine (C=N–C) groups is 1. The first-order valence-electron chi connectivity index (χ1n) is 8.42. The van der Waals surface area contributed by atoms with Crippen LogP contribution in [0.15, 0.2) is 23.2 Å². The summed E-state index contributed by atoms with van der Waals surface area (Å²) < 4.78 is 10.3. The molecule has 0 fully saturated rings. The van der Waals surface area contributed by atoms with Crippen molar-refractivity contribution in [2.75, 3.05) is 26.8 Å². The molecule has 0 amide bonds. The van der Waals surface area contributed by atoms with E-state index in [0.717, 1.165) is 29.4 Å². The van der Waals surface area contributed by atoms with Gasteiger partial charge in [-0.2, -0.15) is 0 Å². The van der Waals surface area contributed by atoms with E-state index in [-0.39, 0.29) is 29.9 Å². The molecule has 0 saturated heterocycles. The lowest BCUT2D eigenvalue weighted by molar-refractivity contribution is -0.143. The predicted octanol–water partition coefficient (Wildman–Crippen LogP) is 3.02. The number of ether oxygens (including phenoxy) is 2. The molecule has 25 heavy (non-hydrogen) atoms. The van der Waals surface area contributed by atoms with Gasteiger partial charge in [-0.25, -0.2) is 4.99 Å². The Morgan fingerprint density at radius 1 is 1.24 bits per heavy atom. The Kier molecular flexibility index (Phi) is 12.9. The predicted molar refractivity (Wildman–Crippen MR) is 112 cm³/mol. The van der Waals surface area contributed by atoms with Gasteiger partial charge in [0.2, 0.25) is 0 Å². The fourth-order valence-corrected chi connectivity index (χ4v) is 2.16. The van der Waals surface area contributed by atoms with Crippen molar-refractivity contribution < 1.29 is 14.3 Å². The number of benzene rings is 1. The fraction of sp³-hybridized carbons (Fsp3) is 0.556. The average Bonchev–Trinajstić information content (AvgIpc) is 2.57. The number of nitrogens with one attached hydrogen (secondary N) is 2. The third kappa shape index (κ3) is 9.52. The van der Waals surface area contributed by atoms with Crippen LogP contribution in [-0.2, 0) is 16.1 Å². The topological polar surface area (TPSA) is 72.0 Å². The van der Waals surface area contributed by atoms with Gasteiger partial charge in [0, 0.05) is 25.1 Å². The lowest BCUT2D eigenvalue weighted by Crippen LogP contribution is -2.37. The second-order valence-electron chi connectivity index (χ2n) is 5.35. The van der Waals surface area contributed by atoms with E-state index in [2.05, 4.69) is 15.6 Å². The Hall–Kier alpha value is -1.51. The highest BCUT2D eigenvalue weighted by atomic mass is 127. The van der Waals surface area contributed by atoms with Gasteiger partial charge in [-0.15, -0.1) is 24.0 Å². The zero-order chi connectivity index (χ0) is 17.8. The number of methoxy groups -OCH3 is 1. The largest absolute Gasteiger partial charge is 0.496 e. The minimum atomic E-state index is -0.161. The Morgan fingerprint density at radius 2 is 2.00 bits per heavy atom. The normalized spacial score (nSPS) is 10.6. The third-order valence-electron chi connectivity index (χ3n) is 3.35. The zero-order valence-electron chi connectivity index (χ0n) is 15.6. The molecule has 0 atom stereocenters. The van der Waals surface area contributed by atoms with Crippen molar-refractivity contribution in [3.8, 4) is 5.75 Å². The van der Waals surface area contributed by atoms with E-state index in [1.165, 1.54) is 0 Å². The van der Waals surface area contributed by atoms with Gasteiger partial charge in [0.1, 0.15) is 5.75 Å². The maximum atomic E-state index is 11.3. The van der Waals surface area contributed by atoms with E-state index < -0.39 is 0 Å². The van der Waals surface area contributed by atoms with Crippen LogP contribution in [0.2, 0.25) is 0 Å². The van der Waals surface area contributed by atoms with Gasteiger partial charge in [-0.1, -0.05) is 12.1 Å². The van der Waals surface area contributed by atoms with Gasteiger partial charge in [0.05, 0.1) is 20.3 Å². The summed E-state index contributed by atoms with van der Waals surface area (Å²) >= 11 is 0. The van der Waals surface area contributed by atoms with Gasteiger partial charge in [-0.05, 0) is 38.8 Å². The molecule has 2 N–H and O–H groups in total. The highest BCUT2D eigenvalue weighted by Crippen LogP contribution is 2.20. The van der Waals surface area contributed by atoms with Crippen LogP contribution in [0.4, 0.5) is 0 Å². The number of carbonyl (C=O) groups excluding carboxylic acids is 1. The summed E-state index contributed by atoms with van der Waals surface area (Å²) in [6.45, 7) is 8.24. The Labute approximate surface area is 167 Å². The number of halogens is 1. The molecule has 0 heterocycles. The van der Waals surface area contributed by atoms with Gasteiger partial charge in [0.25, 0.3) is 0 Å². The molecular formula is C18H30IN3O3. The van der Waals surface area contributed by atoms with Crippen molar-refractivity contribution >= 4 is 35.9 Å². The van der Waals surface area contributed by atoms with Crippen LogP contribution in [0.3, 0.4) is 0 Å². The first kappa shape index (κ1) is 23.5. The molecule has 0 aromatic heterocycles. The molecular weight excluding hydrogens is 433 g/mol. The van der Waals surface area contributed by atoms with Crippen molar-refractivity contribution in [2.24, 2.45) is 4.99 Å². The van der Waals surface area contributed by atoms with Crippen LogP contribution in [0.25, 0.3) is 0 Å². The quantitative estimate of drug-likeness (QED) is 0.194. The third-order valence-corrected chi connectivity index (χ3v) is 3.35. The summed E-state index contributed by atoms with van der Waals surface area (Å²) in [6, 6.07) is 6.08. The van der Waals surface area contributed by atoms with Crippen LogP contribution < -0.4 is 15.4 Å². The fourth-order valence-electron chi connectivity index (χ4n) is 2.16. The molecule has 0 aliphatic rings. The minimum absolute atomic E-state index is 0. The number of hydrogen-bond donors (Lipinski definition) is 2. The molecule has 0 saturated carbocycles. The van der Waals surface area contributed by atoms with Crippen molar-refractivity contribution in [2.45, 2.75) is 40.2 Å². The van der Waals surface area contributed by atoms with Gasteiger partial charge in [0.15, 0.2) is 5.96 Å². The number of esters is 1. The van der Waals surface area contributed by atoms with E-state index in [1.54, 1.807) is 7.11 Å². The van der Waals surface area contributed by atoms with E-state index >= 15 is 0 Å². The first-order chi connectivity index (χ1) is 11.6. The zero-order valence-corrected chi connectivity index (χ0v) is 17.9. The summed E-state index contributed by atoms with van der Waals surface area (Å²) in [5.74, 6) is 1.41. The number of hydrogen-bond acceptors (Lipinski definition) is 4. The number of guanidine groups is 1. The SMILES string of the molecule is CCNC(=NCc1ccc(C)cc1OC)NCCCC(=O)OCC.I. The smallest absolute Gasteiger partial charge is 0.305 e. The molecule has 0 bridgehead atoms. The molecule has 1 aromatic rings. The van der Waals surface area contributed by atoms with Crippen LogP contribution in [0, 0.1) is 6.92 Å². The van der Waals surface area contributed by atoms with Crippen molar-refractivity contribution in [3.63, 3.8) is 0 Å². The highest BCUT2D eigenvalue weighted by molar-refractivity contribution is 14.0. The van der Waals surface area contributed by atoms with Gasteiger partial charge < -0.3 is 20.1 Å². The lowest BCUT2D eigenvalue weighted by atomic mass is 10.1. The Morgan fingerprint density at radius 3 is 2.64 bits per heavy atom. The van der Waals surface area contributed by atoms with E-state index in [4.69, 9.17) is 9.47 Å². The van der Waals surface area contributed by atoms with Crippen LogP contribution >= 0.6 is 24.0 Å². The van der Waals surface area contributed by atoms with Gasteiger partial charge >= 0.3 is 5.97 Å². The Bertz CT molecular complexity index is 550. The monoisotopic (exact) mass is 463 g/mol. The van der Waals surface area contributed by atoms with Crippen LogP contribution in [0.5, 0.6) is 5.75 Å². The summed E-state index contributed by atoms with van der Waals surface area (Å²) in [7, 11) is 1.67. The number of carbonyl (C=O) groups is 1. The molecule has 0 aliphatic carbocycles. The molecule has 142 valence electrons. The molecule has 0 aliphatic heterocycles. The summed E-state index contributed by atoms with van der Waals surface area (Å²) in [5, 5.41) is 6.42. The van der Waals surface area contributed by atoms with Crippen molar-refractivity contribution in [3.05, 3.63) is 29.3 Å². The molecule has 0 unspecified atom stereocenters. The van der Waals surface area contributed by atoms with Gasteiger partial charge in [-0.3, -0.25) is 4.79 Å². The second kappa shape index (κ2) is 13.7. The first-order valence-corrected chi connectivity index (χ1v) is 8.42. The maximum absolute atomic E-state index is 11.3. The highest BCUT2D eigenvalue weighted by Gasteiger charge is 2.05. The summed E-state index contributed by atoms with van der Waals surface area (Å²) in [4.78, 5) is 15.9. The molecule has 0 spiro atoms. The van der Waals surface area contributed by atoms with Crippen LogP contribution in [0.1, 0.15) is 37.8 Å². The lowest BCUT2D eigenvalue weighted by Gasteiger charge is -2.12. The standard InChI is InChI=1S/C18H29N3O3.HI/c1-5-19-18(20-11-7-8-17(22)24-6-2)21-13-15-10-9-14(3)12-16(15)23-4;/h9-10,12H,5-8,11,13H2,1-4H3,(H2,19,20,21);1H. The van der Waals surface area contributed by atoms with Crippen LogP contribution in [-0.4, -0.2) is 38.7 Å². The van der Waals surface area contributed by atoms with E-state index in [0.29, 0.717) is 32.5 Å². The average molecular weight is 463 g/mol. The Balaban J connectivity index is 0.00000576. The second-order valence-corrected chi connectivity index (χ2v) is 5.35. The summed E-state index contributed by atoms with van der Waals surface area (Å²) in [6.07, 6.45) is 1.11. The number of aryl methyl sites for hydroxylation is 1. The van der Waals surface area contributed by atoms with E-state index in [9.17, 15) is 4.79 Å². The molecule has 7 heteroatoms. The van der Waals surface area contributed by atoms with Crippen molar-refractivity contribution in [1.29, 1.82) is 0 Å². The molecule has 1 rings (SSSR count). The number of rotatable bonds is 9.